The molecule has 1 aromatic carbocycles. The van der Waals surface area contributed by atoms with Gasteiger partial charge < -0.3 is 0 Å². The normalized spacial score (nSPS) is 10.7. The van der Waals surface area contributed by atoms with Gasteiger partial charge in [0.15, 0.2) is 5.78 Å². The van der Waals surface area contributed by atoms with Crippen molar-refractivity contribution in [1.29, 1.82) is 0 Å². The van der Waals surface area contributed by atoms with Gasteiger partial charge in [-0.15, -0.1) is 0 Å². The number of benzene rings is 1. The van der Waals surface area contributed by atoms with Crippen molar-refractivity contribution in [1.82, 2.24) is 9.78 Å². The lowest BCUT2D eigenvalue weighted by atomic mass is 10.0. The van der Waals surface area contributed by atoms with Crippen molar-refractivity contribution in [2.45, 2.75) is 19.8 Å². The topological polar surface area (TPSA) is 34.9 Å². The van der Waals surface area contributed by atoms with Crippen LogP contribution < -0.4 is 0 Å². The lowest BCUT2D eigenvalue weighted by Crippen LogP contribution is -2.09. The first-order chi connectivity index (χ1) is 9.00. The lowest BCUT2D eigenvalue weighted by molar-refractivity contribution is 0.0974. The van der Waals surface area contributed by atoms with E-state index in [9.17, 15) is 13.6 Å². The molecule has 0 unspecified atom stereocenters. The summed E-state index contributed by atoms with van der Waals surface area (Å²) in [4.78, 5) is 11.9. The Morgan fingerprint density at radius 1 is 1.32 bits per heavy atom. The van der Waals surface area contributed by atoms with Gasteiger partial charge in [0.25, 0.3) is 0 Å². The van der Waals surface area contributed by atoms with Gasteiger partial charge in [-0.2, -0.15) is 5.10 Å². The molecule has 19 heavy (non-hydrogen) atoms. The van der Waals surface area contributed by atoms with Crippen molar-refractivity contribution in [3.05, 3.63) is 52.9 Å². The SMILES string of the molecule is Cc1ccc(F)c(C(=O)CCc2ccnn2C)c1F. The van der Waals surface area contributed by atoms with Gasteiger partial charge in [-0.05, 0) is 31.0 Å². The fourth-order valence-electron chi connectivity index (χ4n) is 1.93. The number of carbonyl (C=O) groups is 1. The van der Waals surface area contributed by atoms with Gasteiger partial charge in [0.2, 0.25) is 0 Å². The average Bonchev–Trinajstić information content (AvgIpc) is 2.77. The van der Waals surface area contributed by atoms with Crippen LogP contribution in [0.4, 0.5) is 8.78 Å². The van der Waals surface area contributed by atoms with Crippen LogP contribution in [0.15, 0.2) is 24.4 Å². The van der Waals surface area contributed by atoms with Gasteiger partial charge in [0.1, 0.15) is 11.6 Å². The second-order valence-electron chi connectivity index (χ2n) is 4.42. The van der Waals surface area contributed by atoms with E-state index < -0.39 is 23.0 Å². The van der Waals surface area contributed by atoms with E-state index in [1.165, 1.54) is 13.0 Å². The molecule has 1 heterocycles. The first-order valence-corrected chi connectivity index (χ1v) is 5.95. The maximum absolute atomic E-state index is 13.8. The third-order valence-electron chi connectivity index (χ3n) is 3.09. The van der Waals surface area contributed by atoms with Crippen LogP contribution in [0, 0.1) is 18.6 Å². The first kappa shape index (κ1) is 13.4. The summed E-state index contributed by atoms with van der Waals surface area (Å²) < 4.78 is 29.0. The van der Waals surface area contributed by atoms with Gasteiger partial charge in [-0.1, -0.05) is 6.07 Å². The predicted molar refractivity (Wildman–Crippen MR) is 67.0 cm³/mol. The number of hydrogen-bond acceptors (Lipinski definition) is 2. The van der Waals surface area contributed by atoms with Crippen molar-refractivity contribution >= 4 is 5.78 Å². The molecule has 5 heteroatoms. The number of aromatic nitrogens is 2. The van der Waals surface area contributed by atoms with Crippen molar-refractivity contribution in [3.63, 3.8) is 0 Å². The third kappa shape index (κ3) is 2.70. The van der Waals surface area contributed by atoms with Crippen LogP contribution in [-0.2, 0) is 13.5 Å². The van der Waals surface area contributed by atoms with E-state index in [1.54, 1.807) is 24.0 Å². The molecule has 3 nitrogen and oxygen atoms in total. The molecule has 100 valence electrons. The van der Waals surface area contributed by atoms with Gasteiger partial charge in [-0.25, -0.2) is 8.78 Å². The molecule has 0 saturated carbocycles. The molecule has 0 fully saturated rings. The Kier molecular flexibility index (Phi) is 3.74. The maximum atomic E-state index is 13.8. The summed E-state index contributed by atoms with van der Waals surface area (Å²) >= 11 is 0. The molecule has 0 atom stereocenters. The van der Waals surface area contributed by atoms with E-state index in [1.807, 2.05) is 0 Å². The summed E-state index contributed by atoms with van der Waals surface area (Å²) in [5.74, 6) is -2.10. The molecule has 0 amide bonds. The third-order valence-corrected chi connectivity index (χ3v) is 3.09. The summed E-state index contributed by atoms with van der Waals surface area (Å²) in [5, 5.41) is 3.97. The van der Waals surface area contributed by atoms with Crippen LogP contribution >= 0.6 is 0 Å². The minimum absolute atomic E-state index is 0.0524. The molecule has 0 aliphatic rings. The highest BCUT2D eigenvalue weighted by Gasteiger charge is 2.19. The minimum atomic E-state index is -0.807. The highest BCUT2D eigenvalue weighted by molar-refractivity contribution is 5.96. The van der Waals surface area contributed by atoms with Gasteiger partial charge >= 0.3 is 0 Å². The fourth-order valence-corrected chi connectivity index (χ4v) is 1.93. The Balaban J connectivity index is 2.17. The Morgan fingerprint density at radius 3 is 2.68 bits per heavy atom. The van der Waals surface area contributed by atoms with Crippen LogP contribution in [0.3, 0.4) is 0 Å². The molecule has 1 aromatic heterocycles. The zero-order valence-electron chi connectivity index (χ0n) is 10.8. The number of nitrogens with zero attached hydrogens (tertiary/aromatic N) is 2. The molecule has 0 saturated heterocycles. The molecule has 2 aromatic rings. The number of hydrogen-bond donors (Lipinski definition) is 0. The second kappa shape index (κ2) is 5.30. The van der Waals surface area contributed by atoms with E-state index >= 15 is 0 Å². The molecule has 0 radical (unpaired) electrons. The first-order valence-electron chi connectivity index (χ1n) is 5.95. The number of ketones is 1. The minimum Gasteiger partial charge on any atom is -0.294 e. The Hall–Kier alpha value is -2.04. The highest BCUT2D eigenvalue weighted by Crippen LogP contribution is 2.18. The van der Waals surface area contributed by atoms with Crippen LogP contribution in [0.2, 0.25) is 0 Å². The Bertz CT molecular complexity index is 620. The van der Waals surface area contributed by atoms with E-state index in [0.29, 0.717) is 6.42 Å². The zero-order chi connectivity index (χ0) is 14.0. The molecule has 0 aliphatic heterocycles. The monoisotopic (exact) mass is 264 g/mol. The average molecular weight is 264 g/mol. The van der Waals surface area contributed by atoms with Crippen LogP contribution in [0.5, 0.6) is 0 Å². The van der Waals surface area contributed by atoms with Crippen LogP contribution in [0.1, 0.15) is 28.0 Å². The standard InChI is InChI=1S/C14H14F2N2O/c1-9-3-5-11(15)13(14(9)16)12(19)6-4-10-7-8-17-18(10)2/h3,5,7-8H,4,6H2,1-2H3. The maximum Gasteiger partial charge on any atom is 0.169 e. The predicted octanol–water partition coefficient (Wildman–Crippen LogP) is 2.82. The number of carbonyl (C=O) groups excluding carboxylic acids is 1. The van der Waals surface area contributed by atoms with E-state index in [0.717, 1.165) is 11.8 Å². The largest absolute Gasteiger partial charge is 0.294 e. The Labute approximate surface area is 109 Å². The van der Waals surface area contributed by atoms with E-state index in [-0.39, 0.29) is 12.0 Å². The van der Waals surface area contributed by atoms with Gasteiger partial charge in [-0.3, -0.25) is 9.48 Å². The summed E-state index contributed by atoms with van der Waals surface area (Å²) in [6.45, 7) is 1.51. The Morgan fingerprint density at radius 2 is 2.05 bits per heavy atom. The van der Waals surface area contributed by atoms with E-state index in [2.05, 4.69) is 5.10 Å². The number of aryl methyl sites for hydroxylation is 3. The molecule has 0 aliphatic carbocycles. The van der Waals surface area contributed by atoms with Crippen molar-refractivity contribution in [3.8, 4) is 0 Å². The highest BCUT2D eigenvalue weighted by atomic mass is 19.1. The van der Waals surface area contributed by atoms with Crippen LogP contribution in [-0.4, -0.2) is 15.6 Å². The summed E-state index contributed by atoms with van der Waals surface area (Å²) in [7, 11) is 1.76. The molecule has 2 rings (SSSR count). The fraction of sp³-hybridized carbons (Fsp3) is 0.286. The molecule has 0 bridgehead atoms. The number of rotatable bonds is 4. The number of halogens is 2. The lowest BCUT2D eigenvalue weighted by Gasteiger charge is -2.06. The molecular formula is C14H14F2N2O. The summed E-state index contributed by atoms with van der Waals surface area (Å²) in [5.41, 5.74) is 0.675. The van der Waals surface area contributed by atoms with Crippen molar-refractivity contribution in [2.24, 2.45) is 7.05 Å². The van der Waals surface area contributed by atoms with Gasteiger partial charge in [0.05, 0.1) is 5.56 Å². The molecule has 0 N–H and O–H groups in total. The summed E-state index contributed by atoms with van der Waals surface area (Å²) in [6, 6.07) is 4.22. The quantitative estimate of drug-likeness (QED) is 0.796. The second-order valence-corrected chi connectivity index (χ2v) is 4.42. The zero-order valence-corrected chi connectivity index (χ0v) is 10.8. The smallest absolute Gasteiger partial charge is 0.169 e. The van der Waals surface area contributed by atoms with Crippen molar-refractivity contribution < 1.29 is 13.6 Å². The van der Waals surface area contributed by atoms with Crippen molar-refractivity contribution in [2.75, 3.05) is 0 Å². The molecular weight excluding hydrogens is 250 g/mol. The van der Waals surface area contributed by atoms with E-state index in [4.69, 9.17) is 0 Å². The number of Topliss-reactive ketones (excluding diaryl/α,β-unsaturated/α-hetero) is 1. The van der Waals surface area contributed by atoms with Gasteiger partial charge in [0, 0.05) is 25.4 Å². The molecule has 0 spiro atoms. The summed E-state index contributed by atoms with van der Waals surface area (Å²) in [6.07, 6.45) is 2.08. The van der Waals surface area contributed by atoms with Crippen LogP contribution in [0.25, 0.3) is 0 Å².